The van der Waals surface area contributed by atoms with Gasteiger partial charge in [0.25, 0.3) is 0 Å². The SMILES string of the molecule is N=c1ncn(CCn2cccc2)c2nc(Sc3ccc4c(c3)OCO4)[nH]c12. The van der Waals surface area contributed by atoms with Gasteiger partial charge in [-0.15, -0.1) is 0 Å². The lowest BCUT2D eigenvalue weighted by atomic mass is 10.3. The van der Waals surface area contributed by atoms with E-state index in [9.17, 15) is 0 Å². The maximum atomic E-state index is 8.08. The monoisotopic (exact) mass is 380 g/mol. The fourth-order valence-corrected chi connectivity index (χ4v) is 3.78. The summed E-state index contributed by atoms with van der Waals surface area (Å²) >= 11 is 1.48. The number of nitrogens with zero attached hydrogens (tertiary/aromatic N) is 4. The molecule has 3 aromatic heterocycles. The molecule has 27 heavy (non-hydrogen) atoms. The third-order valence-electron chi connectivity index (χ3n) is 4.32. The topological polar surface area (TPSA) is 93.7 Å². The lowest BCUT2D eigenvalue weighted by Gasteiger charge is -2.07. The molecule has 136 valence electrons. The molecule has 0 saturated carbocycles. The third kappa shape index (κ3) is 3.06. The van der Waals surface area contributed by atoms with Crippen LogP contribution in [0.5, 0.6) is 11.5 Å². The number of aromatic amines is 1. The first-order valence-corrected chi connectivity index (χ1v) is 9.26. The van der Waals surface area contributed by atoms with E-state index in [0.717, 1.165) is 35.1 Å². The Morgan fingerprint density at radius 1 is 1.15 bits per heavy atom. The van der Waals surface area contributed by atoms with Crippen LogP contribution in [0.25, 0.3) is 11.2 Å². The van der Waals surface area contributed by atoms with Gasteiger partial charge in [-0.1, -0.05) is 11.8 Å². The maximum Gasteiger partial charge on any atom is 0.231 e. The van der Waals surface area contributed by atoms with Crippen molar-refractivity contribution in [3.05, 3.63) is 54.5 Å². The van der Waals surface area contributed by atoms with Gasteiger partial charge in [-0.05, 0) is 30.3 Å². The Morgan fingerprint density at radius 2 is 2.00 bits per heavy atom. The summed E-state index contributed by atoms with van der Waals surface area (Å²) in [6.45, 7) is 1.78. The highest BCUT2D eigenvalue weighted by molar-refractivity contribution is 7.99. The molecular weight excluding hydrogens is 364 g/mol. The maximum absolute atomic E-state index is 8.08. The number of nitrogens with one attached hydrogen (secondary N) is 2. The Hall–Kier alpha value is -3.20. The molecule has 0 atom stereocenters. The molecule has 8 nitrogen and oxygen atoms in total. The van der Waals surface area contributed by atoms with Gasteiger partial charge >= 0.3 is 0 Å². The van der Waals surface area contributed by atoms with Crippen LogP contribution in [0.15, 0.2) is 59.1 Å². The van der Waals surface area contributed by atoms with Crippen molar-refractivity contribution in [1.29, 1.82) is 5.41 Å². The van der Waals surface area contributed by atoms with Crippen LogP contribution < -0.4 is 15.0 Å². The highest BCUT2D eigenvalue weighted by Crippen LogP contribution is 2.37. The minimum absolute atomic E-state index is 0.187. The number of hydrogen-bond donors (Lipinski definition) is 2. The number of rotatable bonds is 5. The van der Waals surface area contributed by atoms with E-state index in [2.05, 4.69) is 14.5 Å². The number of aryl methyl sites for hydroxylation is 2. The van der Waals surface area contributed by atoms with Gasteiger partial charge in [0.15, 0.2) is 27.8 Å². The quantitative estimate of drug-likeness (QED) is 0.555. The molecule has 4 aromatic rings. The van der Waals surface area contributed by atoms with Crippen molar-refractivity contribution < 1.29 is 9.47 Å². The second-order valence-corrected chi connectivity index (χ2v) is 7.13. The molecule has 4 heterocycles. The number of H-pyrrole nitrogens is 1. The number of ether oxygens (including phenoxy) is 2. The van der Waals surface area contributed by atoms with Gasteiger partial charge in [0.05, 0.1) is 6.33 Å². The minimum atomic E-state index is 0.187. The molecule has 2 N–H and O–H groups in total. The zero-order chi connectivity index (χ0) is 18.2. The van der Waals surface area contributed by atoms with Gasteiger partial charge in [0, 0.05) is 30.4 Å². The van der Waals surface area contributed by atoms with E-state index < -0.39 is 0 Å². The van der Waals surface area contributed by atoms with Crippen LogP contribution in [-0.4, -0.2) is 30.9 Å². The van der Waals surface area contributed by atoms with Crippen LogP contribution in [0.3, 0.4) is 0 Å². The van der Waals surface area contributed by atoms with Crippen molar-refractivity contribution in [3.63, 3.8) is 0 Å². The van der Waals surface area contributed by atoms with Crippen LogP contribution >= 0.6 is 11.8 Å². The summed E-state index contributed by atoms with van der Waals surface area (Å²) in [4.78, 5) is 13.1. The molecule has 0 aliphatic carbocycles. The van der Waals surface area contributed by atoms with Gasteiger partial charge in [-0.3, -0.25) is 5.41 Å². The summed E-state index contributed by atoms with van der Waals surface area (Å²) in [6.07, 6.45) is 5.72. The lowest BCUT2D eigenvalue weighted by Crippen LogP contribution is -2.14. The average molecular weight is 380 g/mol. The lowest BCUT2D eigenvalue weighted by molar-refractivity contribution is 0.174. The van der Waals surface area contributed by atoms with Crippen LogP contribution in [0.4, 0.5) is 0 Å². The van der Waals surface area contributed by atoms with E-state index in [1.54, 1.807) is 6.33 Å². The molecule has 0 radical (unpaired) electrons. The highest BCUT2D eigenvalue weighted by Gasteiger charge is 2.15. The van der Waals surface area contributed by atoms with Crippen molar-refractivity contribution in [2.24, 2.45) is 0 Å². The van der Waals surface area contributed by atoms with Crippen molar-refractivity contribution in [3.8, 4) is 11.5 Å². The molecule has 1 aromatic carbocycles. The zero-order valence-corrected chi connectivity index (χ0v) is 15.1. The fourth-order valence-electron chi connectivity index (χ4n) is 2.97. The van der Waals surface area contributed by atoms with Crippen LogP contribution in [0.1, 0.15) is 0 Å². The van der Waals surface area contributed by atoms with Gasteiger partial charge in [-0.2, -0.15) is 0 Å². The molecule has 0 bridgehead atoms. The Labute approximate surface area is 158 Å². The number of hydrogen-bond acceptors (Lipinski definition) is 6. The van der Waals surface area contributed by atoms with Crippen molar-refractivity contribution in [1.82, 2.24) is 24.1 Å². The molecule has 9 heteroatoms. The molecule has 1 aliphatic rings. The molecule has 0 amide bonds. The van der Waals surface area contributed by atoms with E-state index in [0.29, 0.717) is 10.7 Å². The van der Waals surface area contributed by atoms with E-state index in [4.69, 9.17) is 19.9 Å². The smallest absolute Gasteiger partial charge is 0.231 e. The zero-order valence-electron chi connectivity index (χ0n) is 14.3. The minimum Gasteiger partial charge on any atom is -0.454 e. The summed E-state index contributed by atoms with van der Waals surface area (Å²) in [5.41, 5.74) is 1.55. The summed E-state index contributed by atoms with van der Waals surface area (Å²) in [7, 11) is 0. The summed E-state index contributed by atoms with van der Waals surface area (Å²) < 4.78 is 14.8. The number of benzene rings is 1. The van der Waals surface area contributed by atoms with Gasteiger partial charge in [0.1, 0.15) is 5.52 Å². The molecule has 0 saturated heterocycles. The molecule has 0 spiro atoms. The van der Waals surface area contributed by atoms with Gasteiger partial charge in [0.2, 0.25) is 6.79 Å². The first-order valence-electron chi connectivity index (χ1n) is 8.44. The van der Waals surface area contributed by atoms with Crippen molar-refractivity contribution in [2.75, 3.05) is 6.79 Å². The molecule has 1 aliphatic heterocycles. The number of aromatic nitrogens is 5. The summed E-state index contributed by atoms with van der Waals surface area (Å²) in [6, 6.07) is 9.79. The normalized spacial score (nSPS) is 12.7. The predicted molar refractivity (Wildman–Crippen MR) is 98.9 cm³/mol. The van der Waals surface area contributed by atoms with Crippen molar-refractivity contribution >= 4 is 22.9 Å². The van der Waals surface area contributed by atoms with Crippen LogP contribution in [-0.2, 0) is 13.1 Å². The first-order chi connectivity index (χ1) is 13.3. The second-order valence-electron chi connectivity index (χ2n) is 6.07. The van der Waals surface area contributed by atoms with E-state index in [1.165, 1.54) is 11.8 Å². The second kappa shape index (κ2) is 6.51. The molecule has 0 fully saturated rings. The van der Waals surface area contributed by atoms with E-state index in [1.807, 2.05) is 47.3 Å². The highest BCUT2D eigenvalue weighted by atomic mass is 32.2. The van der Waals surface area contributed by atoms with Crippen LogP contribution in [0.2, 0.25) is 0 Å². The largest absolute Gasteiger partial charge is 0.454 e. The van der Waals surface area contributed by atoms with Gasteiger partial charge < -0.3 is 23.6 Å². The fraction of sp³-hybridized carbons (Fsp3) is 0.167. The van der Waals surface area contributed by atoms with E-state index >= 15 is 0 Å². The summed E-state index contributed by atoms with van der Waals surface area (Å²) in [5.74, 6) is 1.49. The average Bonchev–Trinajstić information content (AvgIpc) is 3.41. The Balaban J connectivity index is 1.44. The first kappa shape index (κ1) is 16.0. The standard InChI is InChI=1S/C18H16N6O2S/c19-16-15-17(24(10-20-16)8-7-23-5-1-2-6-23)22-18(21-15)27-12-3-4-13-14(9-12)26-11-25-13/h1-6,9-10,19H,7-8,11H2,(H,21,22). The van der Waals surface area contributed by atoms with Gasteiger partial charge in [-0.25, -0.2) is 9.97 Å². The Kier molecular flexibility index (Phi) is 3.86. The Bertz CT molecular complexity index is 1160. The number of fused-ring (bicyclic) bond motifs is 2. The van der Waals surface area contributed by atoms with Crippen molar-refractivity contribution in [2.45, 2.75) is 23.1 Å². The predicted octanol–water partition coefficient (Wildman–Crippen LogP) is 2.62. The molecule has 0 unspecified atom stereocenters. The third-order valence-corrected chi connectivity index (χ3v) is 5.20. The summed E-state index contributed by atoms with van der Waals surface area (Å²) in [5, 5.41) is 8.79. The Morgan fingerprint density at radius 3 is 2.89 bits per heavy atom. The molecular formula is C18H16N6O2S. The van der Waals surface area contributed by atoms with E-state index in [-0.39, 0.29) is 12.3 Å². The molecule has 5 rings (SSSR count). The number of imidazole rings is 1. The van der Waals surface area contributed by atoms with Crippen LogP contribution in [0, 0.1) is 5.41 Å².